The number of likely N-dealkylation sites (tertiary alicyclic amines) is 1. The monoisotopic (exact) mass is 403 g/mol. The van der Waals surface area contributed by atoms with Crippen molar-refractivity contribution in [2.24, 2.45) is 0 Å². The number of piperidine rings is 1. The number of nitrogens with zero attached hydrogens (tertiary/aromatic N) is 2. The normalized spacial score (nSPS) is 26.7. The highest BCUT2D eigenvalue weighted by Gasteiger charge is 2.51. The maximum absolute atomic E-state index is 13.0. The molecule has 0 radical (unpaired) electrons. The van der Waals surface area contributed by atoms with Crippen molar-refractivity contribution in [1.29, 1.82) is 0 Å². The molecule has 1 spiro atoms. The fourth-order valence-electron chi connectivity index (χ4n) is 6.17. The molecule has 3 aliphatic rings. The second-order valence-corrected chi connectivity index (χ2v) is 9.31. The third-order valence-corrected chi connectivity index (χ3v) is 7.82. The molecule has 5 rings (SSSR count). The summed E-state index contributed by atoms with van der Waals surface area (Å²) < 4.78 is 0. The lowest BCUT2D eigenvalue weighted by molar-refractivity contribution is -0.125. The molecule has 0 aromatic heterocycles. The van der Waals surface area contributed by atoms with Gasteiger partial charge in [-0.2, -0.15) is 0 Å². The van der Waals surface area contributed by atoms with E-state index in [-0.39, 0.29) is 11.4 Å². The summed E-state index contributed by atoms with van der Waals surface area (Å²) in [5.41, 5.74) is 3.73. The summed E-state index contributed by atoms with van der Waals surface area (Å²) in [6, 6.07) is 20.0. The summed E-state index contributed by atoms with van der Waals surface area (Å²) in [6.45, 7) is 4.89. The smallest absolute Gasteiger partial charge is 0.247 e. The van der Waals surface area contributed by atoms with Gasteiger partial charge in [0, 0.05) is 24.8 Å². The number of amides is 1. The van der Waals surface area contributed by atoms with E-state index in [0.717, 1.165) is 31.6 Å². The lowest BCUT2D eigenvalue weighted by atomic mass is 9.76. The largest absolute Gasteiger partial charge is 0.339 e. The van der Waals surface area contributed by atoms with E-state index in [1.807, 2.05) is 6.07 Å². The average molecular weight is 404 g/mol. The van der Waals surface area contributed by atoms with E-state index >= 15 is 0 Å². The number of nitrogens with one attached hydrogen (secondary N) is 1. The molecule has 3 fully saturated rings. The molecular formula is C26H33N3O. The van der Waals surface area contributed by atoms with Crippen LogP contribution in [-0.2, 0) is 4.79 Å². The predicted molar refractivity (Wildman–Crippen MR) is 122 cm³/mol. The van der Waals surface area contributed by atoms with Crippen molar-refractivity contribution in [3.8, 4) is 0 Å². The summed E-state index contributed by atoms with van der Waals surface area (Å²) in [7, 11) is 0. The molecule has 4 heteroatoms. The molecule has 1 saturated carbocycles. The van der Waals surface area contributed by atoms with Crippen LogP contribution in [0.4, 0.5) is 5.69 Å². The molecule has 2 aromatic carbocycles. The minimum absolute atomic E-state index is 0.213. The second kappa shape index (κ2) is 8.07. The van der Waals surface area contributed by atoms with Gasteiger partial charge in [-0.3, -0.25) is 9.69 Å². The fourth-order valence-corrected chi connectivity index (χ4v) is 6.17. The number of hydrogen-bond acceptors (Lipinski definition) is 3. The molecule has 1 N–H and O–H groups in total. The highest BCUT2D eigenvalue weighted by Crippen LogP contribution is 2.42. The first-order valence-corrected chi connectivity index (χ1v) is 11.6. The molecule has 0 bridgehead atoms. The molecule has 2 aliphatic heterocycles. The van der Waals surface area contributed by atoms with Crippen LogP contribution in [0.5, 0.6) is 0 Å². The molecule has 0 unspecified atom stereocenters. The summed E-state index contributed by atoms with van der Waals surface area (Å²) in [5.74, 6) is 0.835. The number of benzene rings is 2. The topological polar surface area (TPSA) is 35.6 Å². The number of rotatable bonds is 3. The number of carbonyl (C=O) groups is 1. The van der Waals surface area contributed by atoms with Gasteiger partial charge < -0.3 is 10.2 Å². The highest BCUT2D eigenvalue weighted by atomic mass is 16.2. The first-order valence-electron chi connectivity index (χ1n) is 11.6. The molecule has 1 amide bonds. The van der Waals surface area contributed by atoms with Crippen LogP contribution in [0.2, 0.25) is 0 Å². The molecule has 158 valence electrons. The number of para-hydroxylation sites is 1. The van der Waals surface area contributed by atoms with E-state index in [4.69, 9.17) is 0 Å². The molecular weight excluding hydrogens is 370 g/mol. The van der Waals surface area contributed by atoms with Crippen molar-refractivity contribution < 1.29 is 4.79 Å². The Bertz CT molecular complexity index is 888. The van der Waals surface area contributed by atoms with E-state index in [9.17, 15) is 4.79 Å². The zero-order valence-electron chi connectivity index (χ0n) is 18.0. The maximum atomic E-state index is 13.0. The molecule has 2 aromatic rings. The number of anilines is 1. The van der Waals surface area contributed by atoms with E-state index in [0.29, 0.717) is 18.6 Å². The minimum atomic E-state index is -0.384. The third kappa shape index (κ3) is 3.31. The summed E-state index contributed by atoms with van der Waals surface area (Å²) >= 11 is 0. The first kappa shape index (κ1) is 19.6. The molecule has 4 nitrogen and oxygen atoms in total. The van der Waals surface area contributed by atoms with E-state index < -0.39 is 0 Å². The van der Waals surface area contributed by atoms with E-state index in [1.54, 1.807) is 0 Å². The summed E-state index contributed by atoms with van der Waals surface area (Å²) in [5, 5.41) is 3.13. The van der Waals surface area contributed by atoms with Crippen LogP contribution in [0.25, 0.3) is 0 Å². The molecule has 30 heavy (non-hydrogen) atoms. The van der Waals surface area contributed by atoms with Gasteiger partial charge >= 0.3 is 0 Å². The molecule has 2 saturated heterocycles. The van der Waals surface area contributed by atoms with Crippen LogP contribution in [-0.4, -0.2) is 42.1 Å². The maximum Gasteiger partial charge on any atom is 0.247 e. The zero-order valence-corrected chi connectivity index (χ0v) is 18.0. The molecule has 2 heterocycles. The highest BCUT2D eigenvalue weighted by molar-refractivity contribution is 5.93. The Morgan fingerprint density at radius 2 is 1.63 bits per heavy atom. The van der Waals surface area contributed by atoms with Gasteiger partial charge in [0.25, 0.3) is 0 Å². The van der Waals surface area contributed by atoms with Gasteiger partial charge in [-0.05, 0) is 61.8 Å². The SMILES string of the molecule is Cc1ccccc1[C@H]1CCCC[C@H]1N1CCC2(CC1)C(=O)NCN2c1ccccc1. The molecule has 1 aliphatic carbocycles. The quantitative estimate of drug-likeness (QED) is 0.822. The summed E-state index contributed by atoms with van der Waals surface area (Å²) in [6.07, 6.45) is 7.03. The Kier molecular flexibility index (Phi) is 5.28. The van der Waals surface area contributed by atoms with Crippen molar-refractivity contribution in [3.05, 3.63) is 65.7 Å². The average Bonchev–Trinajstić information content (AvgIpc) is 3.11. The van der Waals surface area contributed by atoms with Crippen LogP contribution in [0, 0.1) is 6.92 Å². The van der Waals surface area contributed by atoms with Gasteiger partial charge in [0.05, 0.1) is 6.67 Å². The van der Waals surface area contributed by atoms with E-state index in [2.05, 4.69) is 70.6 Å². The zero-order chi connectivity index (χ0) is 20.6. The van der Waals surface area contributed by atoms with Crippen molar-refractivity contribution in [1.82, 2.24) is 10.2 Å². The van der Waals surface area contributed by atoms with Gasteiger partial charge in [0.15, 0.2) is 0 Å². The Hall–Kier alpha value is -2.33. The third-order valence-electron chi connectivity index (χ3n) is 7.82. The first-order chi connectivity index (χ1) is 14.7. The van der Waals surface area contributed by atoms with Crippen LogP contribution >= 0.6 is 0 Å². The number of hydrogen-bond donors (Lipinski definition) is 1. The van der Waals surface area contributed by atoms with Crippen molar-refractivity contribution >= 4 is 11.6 Å². The Labute approximate surface area is 180 Å². The van der Waals surface area contributed by atoms with Gasteiger partial charge in [0.2, 0.25) is 5.91 Å². The lowest BCUT2D eigenvalue weighted by Gasteiger charge is -2.48. The van der Waals surface area contributed by atoms with Gasteiger partial charge in [-0.25, -0.2) is 0 Å². The fraction of sp³-hybridized carbons (Fsp3) is 0.500. The van der Waals surface area contributed by atoms with Crippen LogP contribution < -0.4 is 10.2 Å². The molecule has 2 atom stereocenters. The standard InChI is InChI=1S/C26H33N3O/c1-20-9-5-6-12-22(20)23-13-7-8-14-24(23)28-17-15-26(16-18-28)25(30)27-19-29(26)21-10-3-2-4-11-21/h2-6,9-12,23-24H,7-8,13-19H2,1H3,(H,27,30)/t23-,24-/m1/s1. The van der Waals surface area contributed by atoms with Crippen LogP contribution in [0.3, 0.4) is 0 Å². The van der Waals surface area contributed by atoms with Gasteiger partial charge in [-0.15, -0.1) is 0 Å². The number of aryl methyl sites for hydroxylation is 1. The van der Waals surface area contributed by atoms with Gasteiger partial charge in [0.1, 0.15) is 5.54 Å². The lowest BCUT2D eigenvalue weighted by Crippen LogP contribution is -2.58. The minimum Gasteiger partial charge on any atom is -0.339 e. The summed E-state index contributed by atoms with van der Waals surface area (Å²) in [4.78, 5) is 18.0. The Balaban J connectivity index is 1.35. The Morgan fingerprint density at radius 1 is 0.933 bits per heavy atom. The van der Waals surface area contributed by atoms with Crippen molar-refractivity contribution in [2.45, 2.75) is 62.9 Å². The van der Waals surface area contributed by atoms with Crippen molar-refractivity contribution in [3.63, 3.8) is 0 Å². The number of carbonyl (C=O) groups excluding carboxylic acids is 1. The predicted octanol–water partition coefficient (Wildman–Crippen LogP) is 4.45. The van der Waals surface area contributed by atoms with Crippen LogP contribution in [0.1, 0.15) is 55.6 Å². The Morgan fingerprint density at radius 3 is 2.40 bits per heavy atom. The second-order valence-electron chi connectivity index (χ2n) is 9.31. The van der Waals surface area contributed by atoms with Gasteiger partial charge in [-0.1, -0.05) is 55.3 Å². The van der Waals surface area contributed by atoms with Crippen molar-refractivity contribution in [2.75, 3.05) is 24.7 Å². The van der Waals surface area contributed by atoms with E-state index in [1.165, 1.54) is 36.8 Å². The van der Waals surface area contributed by atoms with Crippen LogP contribution in [0.15, 0.2) is 54.6 Å².